The maximum atomic E-state index is 13.6. The van der Waals surface area contributed by atoms with E-state index < -0.39 is 21.4 Å². The minimum atomic E-state index is -3.28. The van der Waals surface area contributed by atoms with Crippen LogP contribution in [0.2, 0.25) is 0 Å². The van der Waals surface area contributed by atoms with Gasteiger partial charge in [-0.15, -0.1) is 0 Å². The third-order valence-electron chi connectivity index (χ3n) is 2.64. The fraction of sp³-hybridized carbons (Fsp3) is 0.538. The smallest absolute Gasteiger partial charge is 0.315 e. The molecule has 108 valence electrons. The van der Waals surface area contributed by atoms with Gasteiger partial charge in [-0.3, -0.25) is 0 Å². The predicted molar refractivity (Wildman–Crippen MR) is 68.7 cm³/mol. The van der Waals surface area contributed by atoms with Crippen molar-refractivity contribution in [2.45, 2.75) is 38.4 Å². The molecule has 1 rings (SSSR count). The highest BCUT2D eigenvalue weighted by molar-refractivity contribution is 7.90. The quantitative estimate of drug-likeness (QED) is 0.855. The third-order valence-corrected chi connectivity index (χ3v) is 3.77. The minimum absolute atomic E-state index is 0.152. The molecule has 0 N–H and O–H groups in total. The lowest BCUT2D eigenvalue weighted by Crippen LogP contribution is -2.36. The van der Waals surface area contributed by atoms with Crippen molar-refractivity contribution in [3.05, 3.63) is 29.8 Å². The fourth-order valence-corrected chi connectivity index (χ4v) is 1.85. The molecule has 0 bridgehead atoms. The number of alkyl halides is 2. The zero-order chi connectivity index (χ0) is 14.9. The van der Waals surface area contributed by atoms with Gasteiger partial charge in [-0.25, -0.2) is 8.42 Å². The molecule has 0 unspecified atom stereocenters. The number of sulfone groups is 1. The Labute approximate surface area is 112 Å². The summed E-state index contributed by atoms with van der Waals surface area (Å²) in [7, 11) is -3.28. The van der Waals surface area contributed by atoms with E-state index in [1.807, 2.05) is 0 Å². The summed E-state index contributed by atoms with van der Waals surface area (Å²) in [5.41, 5.74) is -0.795. The Morgan fingerprint density at radius 2 is 1.58 bits per heavy atom. The van der Waals surface area contributed by atoms with Gasteiger partial charge in [0.15, 0.2) is 9.84 Å². The van der Waals surface area contributed by atoms with Gasteiger partial charge in [0.1, 0.15) is 0 Å². The van der Waals surface area contributed by atoms with Gasteiger partial charge in [0.2, 0.25) is 0 Å². The Morgan fingerprint density at radius 1 is 1.11 bits per heavy atom. The van der Waals surface area contributed by atoms with E-state index in [1.54, 1.807) is 0 Å². The SMILES string of the molecule is CC(C)(C)C(F)(F)OCc1ccc(S(C)(=O)=O)cc1. The van der Waals surface area contributed by atoms with Gasteiger partial charge < -0.3 is 4.74 Å². The zero-order valence-corrected chi connectivity index (χ0v) is 12.2. The van der Waals surface area contributed by atoms with Crippen LogP contribution in [0.5, 0.6) is 0 Å². The van der Waals surface area contributed by atoms with E-state index in [-0.39, 0.29) is 11.5 Å². The summed E-state index contributed by atoms with van der Waals surface area (Å²) in [5.74, 6) is 0. The highest BCUT2D eigenvalue weighted by atomic mass is 32.2. The monoisotopic (exact) mass is 292 g/mol. The first-order chi connectivity index (χ1) is 8.43. The lowest BCUT2D eigenvalue weighted by molar-refractivity contribution is -0.300. The van der Waals surface area contributed by atoms with E-state index in [4.69, 9.17) is 0 Å². The Morgan fingerprint density at radius 3 is 1.95 bits per heavy atom. The topological polar surface area (TPSA) is 43.4 Å². The molecule has 0 spiro atoms. The summed E-state index contributed by atoms with van der Waals surface area (Å²) in [5, 5.41) is 0. The van der Waals surface area contributed by atoms with Crippen LogP contribution >= 0.6 is 0 Å². The molecule has 0 heterocycles. The van der Waals surface area contributed by atoms with Gasteiger partial charge in [-0.1, -0.05) is 32.9 Å². The molecule has 0 saturated carbocycles. The van der Waals surface area contributed by atoms with E-state index in [2.05, 4.69) is 4.74 Å². The van der Waals surface area contributed by atoms with Crippen molar-refractivity contribution >= 4 is 9.84 Å². The Kier molecular flexibility index (Phi) is 4.37. The average molecular weight is 292 g/mol. The second-order valence-corrected chi connectivity index (χ2v) is 7.49. The number of benzene rings is 1. The molecule has 0 fully saturated rings. The number of hydrogen-bond acceptors (Lipinski definition) is 3. The summed E-state index contributed by atoms with van der Waals surface area (Å²) in [6.45, 7) is 3.90. The van der Waals surface area contributed by atoms with E-state index in [9.17, 15) is 17.2 Å². The second-order valence-electron chi connectivity index (χ2n) is 5.47. The summed E-state index contributed by atoms with van der Waals surface area (Å²) in [6.07, 6.45) is -2.16. The Hall–Kier alpha value is -1.01. The number of hydrogen-bond donors (Lipinski definition) is 0. The first kappa shape index (κ1) is 16.0. The molecule has 0 saturated heterocycles. The van der Waals surface area contributed by atoms with E-state index in [0.717, 1.165) is 6.26 Å². The summed E-state index contributed by atoms with van der Waals surface area (Å²) in [4.78, 5) is 0.152. The number of ether oxygens (including phenoxy) is 1. The summed E-state index contributed by atoms with van der Waals surface area (Å²) in [6, 6.07) is 5.69. The molecule has 0 atom stereocenters. The van der Waals surface area contributed by atoms with Gasteiger partial charge in [0.05, 0.1) is 16.9 Å². The van der Waals surface area contributed by atoms with Gasteiger partial charge in [0, 0.05) is 6.26 Å². The van der Waals surface area contributed by atoms with Crippen LogP contribution in [0, 0.1) is 5.41 Å². The molecule has 3 nitrogen and oxygen atoms in total. The second kappa shape index (κ2) is 5.17. The van der Waals surface area contributed by atoms with Crippen molar-refractivity contribution in [2.24, 2.45) is 5.41 Å². The van der Waals surface area contributed by atoms with Crippen LogP contribution in [0.15, 0.2) is 29.2 Å². The van der Waals surface area contributed by atoms with Crippen LogP contribution in [0.4, 0.5) is 8.78 Å². The van der Waals surface area contributed by atoms with E-state index in [0.29, 0.717) is 5.56 Å². The highest BCUT2D eigenvalue weighted by Gasteiger charge is 2.44. The average Bonchev–Trinajstić information content (AvgIpc) is 2.24. The zero-order valence-electron chi connectivity index (χ0n) is 11.4. The molecule has 6 heteroatoms. The number of halogens is 2. The Bertz CT molecular complexity index is 528. The van der Waals surface area contributed by atoms with Crippen molar-refractivity contribution in [2.75, 3.05) is 6.26 Å². The van der Waals surface area contributed by atoms with Crippen LogP contribution < -0.4 is 0 Å². The maximum Gasteiger partial charge on any atom is 0.360 e. The molecule has 1 aromatic carbocycles. The lowest BCUT2D eigenvalue weighted by Gasteiger charge is -2.29. The number of rotatable bonds is 4. The molecule has 1 aromatic rings. The van der Waals surface area contributed by atoms with Crippen LogP contribution in [-0.4, -0.2) is 20.8 Å². The standard InChI is InChI=1S/C13H18F2O3S/c1-12(2,3)13(14,15)18-9-10-5-7-11(8-6-10)19(4,16)17/h5-8H,9H2,1-4H3. The van der Waals surface area contributed by atoms with Crippen molar-refractivity contribution in [1.29, 1.82) is 0 Å². The summed E-state index contributed by atoms with van der Waals surface area (Å²) >= 11 is 0. The third kappa shape index (κ3) is 4.24. The fourth-order valence-electron chi connectivity index (χ4n) is 1.22. The first-order valence-electron chi connectivity index (χ1n) is 5.74. The van der Waals surface area contributed by atoms with E-state index in [1.165, 1.54) is 45.0 Å². The van der Waals surface area contributed by atoms with Crippen molar-refractivity contribution < 1.29 is 21.9 Å². The van der Waals surface area contributed by atoms with Gasteiger partial charge in [-0.2, -0.15) is 8.78 Å². The van der Waals surface area contributed by atoms with Gasteiger partial charge >= 0.3 is 6.11 Å². The molecule has 0 aliphatic heterocycles. The van der Waals surface area contributed by atoms with Crippen molar-refractivity contribution in [3.8, 4) is 0 Å². The van der Waals surface area contributed by atoms with Crippen LogP contribution in [0.25, 0.3) is 0 Å². The molecule has 0 amide bonds. The highest BCUT2D eigenvalue weighted by Crippen LogP contribution is 2.37. The van der Waals surface area contributed by atoms with Crippen LogP contribution in [-0.2, 0) is 21.2 Å². The Balaban J connectivity index is 2.76. The summed E-state index contributed by atoms with van der Waals surface area (Å²) < 4.78 is 54.2. The first-order valence-corrected chi connectivity index (χ1v) is 7.63. The molecular formula is C13H18F2O3S. The molecule has 0 aromatic heterocycles. The predicted octanol–water partition coefficient (Wildman–Crippen LogP) is 3.25. The van der Waals surface area contributed by atoms with Crippen LogP contribution in [0.3, 0.4) is 0 Å². The molecule has 0 aliphatic rings. The van der Waals surface area contributed by atoms with Crippen molar-refractivity contribution in [3.63, 3.8) is 0 Å². The molecule has 19 heavy (non-hydrogen) atoms. The van der Waals surface area contributed by atoms with Gasteiger partial charge in [0.25, 0.3) is 0 Å². The van der Waals surface area contributed by atoms with E-state index >= 15 is 0 Å². The molecule has 0 radical (unpaired) electrons. The normalized spacial score (nSPS) is 13.6. The maximum absolute atomic E-state index is 13.6. The van der Waals surface area contributed by atoms with Crippen molar-refractivity contribution in [1.82, 2.24) is 0 Å². The molecule has 0 aliphatic carbocycles. The lowest BCUT2D eigenvalue weighted by atomic mass is 9.95. The van der Waals surface area contributed by atoms with Gasteiger partial charge in [-0.05, 0) is 17.7 Å². The minimum Gasteiger partial charge on any atom is -0.315 e. The van der Waals surface area contributed by atoms with Crippen LogP contribution in [0.1, 0.15) is 26.3 Å². The largest absolute Gasteiger partial charge is 0.360 e. The molecular weight excluding hydrogens is 274 g/mol.